The smallest absolute Gasteiger partial charge is 0.324 e. The van der Waals surface area contributed by atoms with Gasteiger partial charge in [0.2, 0.25) is 10.0 Å². The molecule has 3 N–H and O–H groups in total. The molecule has 6 nitrogen and oxygen atoms in total. The number of halogens is 1. The predicted molar refractivity (Wildman–Crippen MR) is 81.6 cm³/mol. The Morgan fingerprint density at radius 2 is 1.95 bits per heavy atom. The minimum atomic E-state index is -3.99. The minimum absolute atomic E-state index is 0.0431. The molecule has 0 aliphatic rings. The number of nitrogens with two attached hydrogens (primary N) is 1. The fourth-order valence-electron chi connectivity index (χ4n) is 1.69. The molecule has 21 heavy (non-hydrogen) atoms. The summed E-state index contributed by atoms with van der Waals surface area (Å²) in [5.74, 6) is -0.946. The zero-order valence-corrected chi connectivity index (χ0v) is 13.9. The first kappa shape index (κ1) is 17.7. The molecular formula is C13H19ClN2O4S. The van der Waals surface area contributed by atoms with Gasteiger partial charge in [0.25, 0.3) is 0 Å². The van der Waals surface area contributed by atoms with E-state index in [2.05, 4.69) is 9.46 Å². The first-order valence-electron chi connectivity index (χ1n) is 6.26. The summed E-state index contributed by atoms with van der Waals surface area (Å²) in [5, 5.41) is 0.0431. The van der Waals surface area contributed by atoms with E-state index in [1.54, 1.807) is 20.8 Å². The molecule has 1 atom stereocenters. The van der Waals surface area contributed by atoms with Gasteiger partial charge in [-0.2, -0.15) is 4.72 Å². The van der Waals surface area contributed by atoms with Gasteiger partial charge in [0.1, 0.15) is 10.9 Å². The van der Waals surface area contributed by atoms with Crippen molar-refractivity contribution >= 4 is 33.3 Å². The van der Waals surface area contributed by atoms with E-state index in [1.165, 1.54) is 19.2 Å². The van der Waals surface area contributed by atoms with Crippen LogP contribution in [0.5, 0.6) is 0 Å². The summed E-state index contributed by atoms with van der Waals surface area (Å²) in [6.07, 6.45) is 0. The van der Waals surface area contributed by atoms with E-state index < -0.39 is 22.0 Å². The number of nitrogens with one attached hydrogen (secondary N) is 1. The molecule has 0 fully saturated rings. The maximum Gasteiger partial charge on any atom is 0.324 e. The monoisotopic (exact) mass is 334 g/mol. The molecule has 1 unspecified atom stereocenters. The van der Waals surface area contributed by atoms with E-state index in [0.29, 0.717) is 11.3 Å². The molecule has 0 aliphatic heterocycles. The molecule has 8 heteroatoms. The molecule has 0 saturated carbocycles. The second kappa shape index (κ2) is 6.64. The van der Waals surface area contributed by atoms with Crippen molar-refractivity contribution in [3.8, 4) is 0 Å². The predicted octanol–water partition coefficient (Wildman–Crippen LogP) is 1.71. The topological polar surface area (TPSA) is 98.5 Å². The van der Waals surface area contributed by atoms with Crippen LogP contribution in [0.15, 0.2) is 17.0 Å². The van der Waals surface area contributed by atoms with Gasteiger partial charge in [0.05, 0.1) is 12.1 Å². The quantitative estimate of drug-likeness (QED) is 0.631. The molecule has 0 aromatic heterocycles. The van der Waals surface area contributed by atoms with E-state index in [1.807, 2.05) is 0 Å². The van der Waals surface area contributed by atoms with Crippen LogP contribution in [0.25, 0.3) is 0 Å². The van der Waals surface area contributed by atoms with Gasteiger partial charge in [0, 0.05) is 5.69 Å². The van der Waals surface area contributed by atoms with Gasteiger partial charge in [0.15, 0.2) is 0 Å². The van der Waals surface area contributed by atoms with Gasteiger partial charge in [-0.3, -0.25) is 4.79 Å². The summed E-state index contributed by atoms with van der Waals surface area (Å²) in [6, 6.07) is 1.74. The lowest BCUT2D eigenvalue weighted by Crippen LogP contribution is -2.45. The van der Waals surface area contributed by atoms with Crippen molar-refractivity contribution in [2.45, 2.75) is 31.7 Å². The number of hydrogen-bond donors (Lipinski definition) is 2. The van der Waals surface area contributed by atoms with Crippen LogP contribution in [-0.2, 0) is 19.6 Å². The van der Waals surface area contributed by atoms with Crippen LogP contribution in [0, 0.1) is 12.8 Å². The molecule has 0 radical (unpaired) electrons. The molecule has 1 aromatic rings. The highest BCUT2D eigenvalue weighted by Crippen LogP contribution is 2.27. The number of benzene rings is 1. The summed E-state index contributed by atoms with van der Waals surface area (Å²) in [5.41, 5.74) is 6.70. The molecule has 1 rings (SSSR count). The van der Waals surface area contributed by atoms with Crippen LogP contribution in [0.4, 0.5) is 5.69 Å². The largest absolute Gasteiger partial charge is 0.468 e. The molecule has 1 aromatic carbocycles. The van der Waals surface area contributed by atoms with E-state index in [-0.39, 0.29) is 15.8 Å². The Hall–Kier alpha value is -1.31. The van der Waals surface area contributed by atoms with E-state index in [9.17, 15) is 13.2 Å². The Morgan fingerprint density at radius 3 is 2.43 bits per heavy atom. The summed E-state index contributed by atoms with van der Waals surface area (Å²) >= 11 is 5.97. The van der Waals surface area contributed by atoms with Gasteiger partial charge < -0.3 is 10.5 Å². The van der Waals surface area contributed by atoms with Crippen molar-refractivity contribution in [1.29, 1.82) is 0 Å². The lowest BCUT2D eigenvalue weighted by atomic mass is 10.1. The molecule has 0 bridgehead atoms. The van der Waals surface area contributed by atoms with Crippen LogP contribution in [-0.4, -0.2) is 27.5 Å². The third kappa shape index (κ3) is 4.09. The van der Waals surface area contributed by atoms with Crippen molar-refractivity contribution in [3.05, 3.63) is 22.7 Å². The van der Waals surface area contributed by atoms with Gasteiger partial charge in [-0.25, -0.2) is 8.42 Å². The molecule has 0 amide bonds. The van der Waals surface area contributed by atoms with Crippen molar-refractivity contribution in [2.24, 2.45) is 5.92 Å². The molecule has 0 spiro atoms. The van der Waals surface area contributed by atoms with Crippen LogP contribution in [0.3, 0.4) is 0 Å². The second-order valence-electron chi connectivity index (χ2n) is 5.01. The summed E-state index contributed by atoms with van der Waals surface area (Å²) in [4.78, 5) is 11.5. The summed E-state index contributed by atoms with van der Waals surface area (Å²) in [7, 11) is -2.80. The van der Waals surface area contributed by atoms with Gasteiger partial charge in [-0.05, 0) is 30.5 Å². The lowest BCUT2D eigenvalue weighted by molar-refractivity contribution is -0.143. The van der Waals surface area contributed by atoms with E-state index in [0.717, 1.165) is 0 Å². The third-order valence-corrected chi connectivity index (χ3v) is 4.92. The summed E-state index contributed by atoms with van der Waals surface area (Å²) in [6.45, 7) is 5.13. The highest BCUT2D eigenvalue weighted by molar-refractivity contribution is 7.89. The van der Waals surface area contributed by atoms with E-state index >= 15 is 0 Å². The van der Waals surface area contributed by atoms with Crippen LogP contribution >= 0.6 is 11.6 Å². The molecule has 118 valence electrons. The van der Waals surface area contributed by atoms with Crippen molar-refractivity contribution < 1.29 is 17.9 Å². The Bertz CT molecular complexity index is 644. The standard InChI is InChI=1S/C13H19ClN2O4S/c1-7(2)12(13(17)20-4)16-21(18,19)11-6-10(15)8(3)5-9(11)14/h5-7,12,16H,15H2,1-4H3. The van der Waals surface area contributed by atoms with Crippen LogP contribution < -0.4 is 10.5 Å². The van der Waals surface area contributed by atoms with Crippen LogP contribution in [0.2, 0.25) is 5.02 Å². The highest BCUT2D eigenvalue weighted by Gasteiger charge is 2.30. The van der Waals surface area contributed by atoms with Gasteiger partial charge in [-0.1, -0.05) is 25.4 Å². The van der Waals surface area contributed by atoms with Gasteiger partial charge >= 0.3 is 5.97 Å². The maximum atomic E-state index is 12.4. The first-order valence-corrected chi connectivity index (χ1v) is 8.12. The zero-order valence-electron chi connectivity index (χ0n) is 12.3. The molecule has 0 aliphatic carbocycles. The summed E-state index contributed by atoms with van der Waals surface area (Å²) < 4.78 is 31.7. The Morgan fingerprint density at radius 1 is 1.38 bits per heavy atom. The number of carbonyl (C=O) groups excluding carboxylic acids is 1. The fourth-order valence-corrected chi connectivity index (χ4v) is 3.64. The van der Waals surface area contributed by atoms with Crippen molar-refractivity contribution in [3.63, 3.8) is 0 Å². The van der Waals surface area contributed by atoms with E-state index in [4.69, 9.17) is 17.3 Å². The SMILES string of the molecule is COC(=O)C(NS(=O)(=O)c1cc(N)c(C)cc1Cl)C(C)C. The number of hydrogen-bond acceptors (Lipinski definition) is 5. The number of methoxy groups -OCH3 is 1. The number of esters is 1. The average Bonchev–Trinajstić information content (AvgIpc) is 2.38. The maximum absolute atomic E-state index is 12.4. The van der Waals surface area contributed by atoms with Crippen LogP contribution in [0.1, 0.15) is 19.4 Å². The second-order valence-corrected chi connectivity index (χ2v) is 7.09. The Labute approximate surface area is 129 Å². The Balaban J connectivity index is 3.23. The first-order chi connectivity index (χ1) is 9.60. The normalized spacial score (nSPS) is 13.2. The number of rotatable bonds is 5. The highest BCUT2D eigenvalue weighted by atomic mass is 35.5. The minimum Gasteiger partial charge on any atom is -0.468 e. The number of nitrogen functional groups attached to an aromatic ring is 1. The Kier molecular flexibility index (Phi) is 5.61. The van der Waals surface area contributed by atoms with Crippen molar-refractivity contribution in [2.75, 3.05) is 12.8 Å². The fraction of sp³-hybridized carbons (Fsp3) is 0.462. The number of ether oxygens (including phenoxy) is 1. The average molecular weight is 335 g/mol. The van der Waals surface area contributed by atoms with Crippen molar-refractivity contribution in [1.82, 2.24) is 4.72 Å². The molecule has 0 heterocycles. The number of carbonyl (C=O) groups is 1. The number of sulfonamides is 1. The number of anilines is 1. The molecular weight excluding hydrogens is 316 g/mol. The number of aryl methyl sites for hydroxylation is 1. The molecule has 0 saturated heterocycles. The third-order valence-electron chi connectivity index (χ3n) is 3.01. The lowest BCUT2D eigenvalue weighted by Gasteiger charge is -2.20. The van der Waals surface area contributed by atoms with Gasteiger partial charge in [-0.15, -0.1) is 0 Å². The zero-order chi connectivity index (χ0) is 16.4.